The van der Waals surface area contributed by atoms with E-state index in [0.717, 1.165) is 12.2 Å². The molecule has 0 amide bonds. The Hall–Kier alpha value is -1.38. The van der Waals surface area contributed by atoms with Crippen molar-refractivity contribution in [2.75, 3.05) is 132 Å². The van der Waals surface area contributed by atoms with Crippen molar-refractivity contribution in [1.82, 2.24) is 0 Å². The van der Waals surface area contributed by atoms with Crippen LogP contribution in [-0.4, -0.2) is 132 Å². The van der Waals surface area contributed by atoms with Crippen LogP contribution in [0.25, 0.3) is 0 Å². The molecule has 0 aromatic heterocycles. The molecule has 11 heteroatoms. The Morgan fingerprint density at radius 1 is 0.391 bits per heavy atom. The molecule has 270 valence electrons. The molecule has 0 aliphatic carbocycles. The number of hydrogen-bond acceptors (Lipinski definition) is 11. The molecule has 0 saturated heterocycles. The van der Waals surface area contributed by atoms with Gasteiger partial charge in [0.2, 0.25) is 0 Å². The van der Waals surface area contributed by atoms with E-state index in [9.17, 15) is 0 Å². The first kappa shape index (κ1) is 42.6. The first-order chi connectivity index (χ1) is 22.9. The minimum atomic E-state index is 0.520. The summed E-state index contributed by atoms with van der Waals surface area (Å²) >= 11 is 0. The molecule has 0 aliphatic heterocycles. The maximum absolute atomic E-state index is 5.78. The third kappa shape index (κ3) is 31.2. The summed E-state index contributed by atoms with van der Waals surface area (Å²) in [6.45, 7) is 12.9. The summed E-state index contributed by atoms with van der Waals surface area (Å²) in [6, 6.07) is 8.45. The van der Waals surface area contributed by atoms with Gasteiger partial charge in [0.15, 0.2) is 0 Å². The van der Waals surface area contributed by atoms with Crippen LogP contribution in [0.2, 0.25) is 0 Å². The fourth-order valence-electron chi connectivity index (χ4n) is 4.20. The summed E-state index contributed by atoms with van der Waals surface area (Å²) in [5, 5.41) is 0. The van der Waals surface area contributed by atoms with Crippen LogP contribution >= 0.6 is 0 Å². The van der Waals surface area contributed by atoms with E-state index in [1.54, 1.807) is 0 Å². The molecule has 0 unspecified atom stereocenters. The summed E-state index contributed by atoms with van der Waals surface area (Å²) < 4.78 is 54.9. The van der Waals surface area contributed by atoms with Gasteiger partial charge in [-0.25, -0.2) is 0 Å². The normalized spacial score (nSPS) is 11.4. The number of benzene rings is 1. The van der Waals surface area contributed by atoms with Gasteiger partial charge in [0.05, 0.1) is 119 Å². The average molecular weight is 660 g/mol. The molecule has 1 rings (SSSR count). The molecule has 0 saturated carbocycles. The first-order valence-corrected chi connectivity index (χ1v) is 17.5. The molecule has 1 aromatic carbocycles. The Balaban J connectivity index is 1.71. The number of nitrogens with two attached hydrogens (primary N) is 1. The molecule has 11 nitrogen and oxygen atoms in total. The first-order valence-electron chi connectivity index (χ1n) is 17.5. The van der Waals surface area contributed by atoms with Gasteiger partial charge in [0.25, 0.3) is 0 Å². The van der Waals surface area contributed by atoms with Crippen molar-refractivity contribution >= 4 is 0 Å². The zero-order valence-corrected chi connectivity index (χ0v) is 28.8. The number of aryl methyl sites for hydroxylation is 1. The lowest BCUT2D eigenvalue weighted by Gasteiger charge is -2.09. The van der Waals surface area contributed by atoms with E-state index in [2.05, 4.69) is 31.2 Å². The van der Waals surface area contributed by atoms with Crippen molar-refractivity contribution in [3.8, 4) is 5.75 Å². The zero-order chi connectivity index (χ0) is 32.9. The molecular weight excluding hydrogens is 594 g/mol. The van der Waals surface area contributed by atoms with Crippen LogP contribution in [0.15, 0.2) is 24.3 Å². The van der Waals surface area contributed by atoms with E-state index in [-0.39, 0.29) is 0 Å². The fraction of sp³-hybridized carbons (Fsp3) is 0.829. The second-order valence-corrected chi connectivity index (χ2v) is 10.7. The summed E-state index contributed by atoms with van der Waals surface area (Å²) in [4.78, 5) is 0. The molecule has 0 aliphatic rings. The lowest BCUT2D eigenvalue weighted by molar-refractivity contribution is -0.0252. The summed E-state index contributed by atoms with van der Waals surface area (Å²) in [7, 11) is 0. The van der Waals surface area contributed by atoms with E-state index >= 15 is 0 Å². The molecule has 0 fully saturated rings. The molecule has 0 atom stereocenters. The summed E-state index contributed by atoms with van der Waals surface area (Å²) in [6.07, 6.45) is 10.5. The predicted molar refractivity (Wildman–Crippen MR) is 180 cm³/mol. The van der Waals surface area contributed by atoms with Gasteiger partial charge in [0, 0.05) is 6.54 Å². The molecule has 0 radical (unpaired) electrons. The number of unbranched alkanes of at least 4 members (excludes halogenated alkanes) is 6. The fourth-order valence-corrected chi connectivity index (χ4v) is 4.20. The van der Waals surface area contributed by atoms with E-state index in [0.29, 0.717) is 132 Å². The van der Waals surface area contributed by atoms with Crippen molar-refractivity contribution < 1.29 is 47.4 Å². The Kier molecular flexibility index (Phi) is 33.8. The number of hydrogen-bond donors (Lipinski definition) is 1. The van der Waals surface area contributed by atoms with Crippen LogP contribution < -0.4 is 10.5 Å². The average Bonchev–Trinajstić information content (AvgIpc) is 3.07. The van der Waals surface area contributed by atoms with Crippen LogP contribution in [0.5, 0.6) is 5.75 Å². The van der Waals surface area contributed by atoms with E-state index in [1.807, 2.05) is 0 Å². The third-order valence-electron chi connectivity index (χ3n) is 6.73. The highest BCUT2D eigenvalue weighted by molar-refractivity contribution is 5.27. The predicted octanol–water partition coefficient (Wildman–Crippen LogP) is 4.47. The van der Waals surface area contributed by atoms with Gasteiger partial charge in [-0.15, -0.1) is 0 Å². The Labute approximate surface area is 278 Å². The largest absolute Gasteiger partial charge is 0.491 e. The van der Waals surface area contributed by atoms with Crippen molar-refractivity contribution in [2.24, 2.45) is 5.73 Å². The highest BCUT2D eigenvalue weighted by Crippen LogP contribution is 2.15. The minimum absolute atomic E-state index is 0.520. The van der Waals surface area contributed by atoms with E-state index < -0.39 is 0 Å². The van der Waals surface area contributed by atoms with Crippen LogP contribution in [-0.2, 0) is 49.1 Å². The van der Waals surface area contributed by atoms with E-state index in [4.69, 9.17) is 53.1 Å². The zero-order valence-electron chi connectivity index (χ0n) is 28.8. The molecular formula is C35H65NO10. The quantitative estimate of drug-likeness (QED) is 0.101. The van der Waals surface area contributed by atoms with Gasteiger partial charge < -0.3 is 53.1 Å². The van der Waals surface area contributed by atoms with Crippen molar-refractivity contribution in [2.45, 2.75) is 58.3 Å². The summed E-state index contributed by atoms with van der Waals surface area (Å²) in [5.41, 5.74) is 6.72. The second kappa shape index (κ2) is 36.5. The van der Waals surface area contributed by atoms with Crippen LogP contribution in [0.4, 0.5) is 0 Å². The SMILES string of the molecule is CCCCCCCCCc1ccc(OCCOCCOCCOCCOCCOCCOCCOCCOCCOCCN)cc1. The third-order valence-corrected chi connectivity index (χ3v) is 6.73. The van der Waals surface area contributed by atoms with Crippen LogP contribution in [0, 0.1) is 0 Å². The van der Waals surface area contributed by atoms with Gasteiger partial charge in [-0.1, -0.05) is 57.6 Å². The Morgan fingerprint density at radius 2 is 0.717 bits per heavy atom. The lowest BCUT2D eigenvalue weighted by Crippen LogP contribution is -2.15. The maximum Gasteiger partial charge on any atom is 0.119 e. The molecule has 0 bridgehead atoms. The standard InChI is InChI=1S/C35H65NO10/c1-2-3-4-5-6-7-8-9-34-10-12-35(13-11-34)46-33-32-45-31-30-44-29-28-43-27-26-42-25-24-41-23-22-40-21-20-39-19-18-38-17-16-37-15-14-36/h10-13H,2-9,14-33,36H2,1H3. The van der Waals surface area contributed by atoms with Gasteiger partial charge >= 0.3 is 0 Å². The highest BCUT2D eigenvalue weighted by Gasteiger charge is 1.99. The lowest BCUT2D eigenvalue weighted by atomic mass is 10.0. The van der Waals surface area contributed by atoms with Crippen molar-refractivity contribution in [1.29, 1.82) is 0 Å². The topological polar surface area (TPSA) is 118 Å². The number of ether oxygens (including phenoxy) is 10. The molecule has 46 heavy (non-hydrogen) atoms. The second-order valence-electron chi connectivity index (χ2n) is 10.7. The monoisotopic (exact) mass is 659 g/mol. The molecule has 0 heterocycles. The molecule has 2 N–H and O–H groups in total. The number of rotatable bonds is 38. The van der Waals surface area contributed by atoms with Gasteiger partial charge in [-0.2, -0.15) is 0 Å². The Bertz CT molecular complexity index is 713. The Morgan fingerprint density at radius 3 is 1.09 bits per heavy atom. The van der Waals surface area contributed by atoms with Gasteiger partial charge in [-0.3, -0.25) is 0 Å². The minimum Gasteiger partial charge on any atom is -0.491 e. The highest BCUT2D eigenvalue weighted by atomic mass is 16.6. The van der Waals surface area contributed by atoms with Crippen LogP contribution in [0.1, 0.15) is 57.4 Å². The van der Waals surface area contributed by atoms with E-state index in [1.165, 1.54) is 50.5 Å². The molecule has 0 spiro atoms. The van der Waals surface area contributed by atoms with Crippen molar-refractivity contribution in [3.63, 3.8) is 0 Å². The smallest absolute Gasteiger partial charge is 0.119 e. The van der Waals surface area contributed by atoms with Crippen LogP contribution in [0.3, 0.4) is 0 Å². The van der Waals surface area contributed by atoms with Crippen molar-refractivity contribution in [3.05, 3.63) is 29.8 Å². The summed E-state index contributed by atoms with van der Waals surface area (Å²) in [5.74, 6) is 0.888. The maximum atomic E-state index is 5.78. The van der Waals surface area contributed by atoms with Gasteiger partial charge in [-0.05, 0) is 30.5 Å². The molecule has 1 aromatic rings. The van der Waals surface area contributed by atoms with Gasteiger partial charge in [0.1, 0.15) is 12.4 Å².